The van der Waals surface area contributed by atoms with Gasteiger partial charge in [-0.15, -0.1) is 0 Å². The van der Waals surface area contributed by atoms with Crippen LogP contribution >= 0.6 is 0 Å². The quantitative estimate of drug-likeness (QED) is 0.909. The zero-order chi connectivity index (χ0) is 14.5. The van der Waals surface area contributed by atoms with E-state index < -0.39 is 0 Å². The summed E-state index contributed by atoms with van der Waals surface area (Å²) >= 11 is 0. The third-order valence-corrected chi connectivity index (χ3v) is 3.21. The topological polar surface area (TPSA) is 30.5 Å². The summed E-state index contributed by atoms with van der Waals surface area (Å²) in [4.78, 5) is 0. The predicted molar refractivity (Wildman–Crippen MR) is 76.8 cm³/mol. The molecule has 4 heteroatoms. The fraction of sp³-hybridized carbons (Fsp3) is 0.250. The summed E-state index contributed by atoms with van der Waals surface area (Å²) in [5.74, 6) is 1.11. The maximum Gasteiger partial charge on any atom is 0.128 e. The van der Waals surface area contributed by atoms with Crippen LogP contribution in [-0.4, -0.2) is 21.3 Å². The first-order valence-corrected chi connectivity index (χ1v) is 6.34. The van der Waals surface area contributed by atoms with E-state index in [9.17, 15) is 4.39 Å². The van der Waals surface area contributed by atoms with Crippen LogP contribution < -0.4 is 14.8 Å². The number of nitrogens with one attached hydrogen (secondary N) is 1. The SMILES string of the molecule is CNC(c1cc(OC)cc(OC)c1)c1ccccc1F. The number of ether oxygens (including phenoxy) is 2. The smallest absolute Gasteiger partial charge is 0.128 e. The molecule has 0 aliphatic carbocycles. The van der Waals surface area contributed by atoms with Gasteiger partial charge in [0.05, 0.1) is 20.3 Å². The Morgan fingerprint density at radius 1 is 1.00 bits per heavy atom. The molecule has 1 N–H and O–H groups in total. The second-order valence-corrected chi connectivity index (χ2v) is 4.39. The Kier molecular flexibility index (Phi) is 4.58. The summed E-state index contributed by atoms with van der Waals surface area (Å²) in [5.41, 5.74) is 1.47. The van der Waals surface area contributed by atoms with Crippen molar-refractivity contribution in [2.45, 2.75) is 6.04 Å². The van der Waals surface area contributed by atoms with E-state index in [0.29, 0.717) is 17.1 Å². The van der Waals surface area contributed by atoms with Crippen molar-refractivity contribution in [3.8, 4) is 11.5 Å². The molecule has 0 aromatic heterocycles. The van der Waals surface area contributed by atoms with E-state index in [1.165, 1.54) is 6.07 Å². The number of halogens is 1. The lowest BCUT2D eigenvalue weighted by Crippen LogP contribution is -2.19. The van der Waals surface area contributed by atoms with E-state index in [4.69, 9.17) is 9.47 Å². The molecular formula is C16H18FNO2. The van der Waals surface area contributed by atoms with Crippen LogP contribution in [0.15, 0.2) is 42.5 Å². The van der Waals surface area contributed by atoms with Crippen molar-refractivity contribution < 1.29 is 13.9 Å². The van der Waals surface area contributed by atoms with Crippen molar-refractivity contribution >= 4 is 0 Å². The van der Waals surface area contributed by atoms with Crippen LogP contribution in [-0.2, 0) is 0 Å². The van der Waals surface area contributed by atoms with Crippen molar-refractivity contribution in [1.82, 2.24) is 5.32 Å². The van der Waals surface area contributed by atoms with Crippen LogP contribution in [0.25, 0.3) is 0 Å². The Bertz CT molecular complexity index is 564. The number of hydrogen-bond acceptors (Lipinski definition) is 3. The Morgan fingerprint density at radius 2 is 1.60 bits per heavy atom. The van der Waals surface area contributed by atoms with Gasteiger partial charge in [0, 0.05) is 11.6 Å². The largest absolute Gasteiger partial charge is 0.497 e. The zero-order valence-electron chi connectivity index (χ0n) is 11.8. The molecule has 0 amide bonds. The van der Waals surface area contributed by atoms with Gasteiger partial charge in [-0.25, -0.2) is 4.39 Å². The van der Waals surface area contributed by atoms with Gasteiger partial charge >= 0.3 is 0 Å². The Morgan fingerprint density at radius 3 is 2.10 bits per heavy atom. The lowest BCUT2D eigenvalue weighted by molar-refractivity contribution is 0.392. The fourth-order valence-electron chi connectivity index (χ4n) is 2.21. The molecule has 2 aromatic carbocycles. The first-order valence-electron chi connectivity index (χ1n) is 6.34. The van der Waals surface area contributed by atoms with E-state index in [0.717, 1.165) is 5.56 Å². The van der Waals surface area contributed by atoms with Crippen molar-refractivity contribution in [3.63, 3.8) is 0 Å². The highest BCUT2D eigenvalue weighted by molar-refractivity contribution is 5.43. The molecule has 3 nitrogen and oxygen atoms in total. The number of methoxy groups -OCH3 is 2. The van der Waals surface area contributed by atoms with Crippen LogP contribution in [0.1, 0.15) is 17.2 Å². The average molecular weight is 275 g/mol. The van der Waals surface area contributed by atoms with E-state index in [-0.39, 0.29) is 11.9 Å². The van der Waals surface area contributed by atoms with Crippen molar-refractivity contribution in [2.24, 2.45) is 0 Å². The molecule has 0 heterocycles. The summed E-state index contributed by atoms with van der Waals surface area (Å²) in [6.45, 7) is 0. The highest BCUT2D eigenvalue weighted by Crippen LogP contribution is 2.30. The van der Waals surface area contributed by atoms with Gasteiger partial charge in [0.1, 0.15) is 17.3 Å². The summed E-state index contributed by atoms with van der Waals surface area (Å²) in [6, 6.07) is 12.0. The molecule has 0 fully saturated rings. The normalized spacial score (nSPS) is 12.0. The third kappa shape index (κ3) is 2.91. The molecule has 0 saturated heterocycles. The van der Waals surface area contributed by atoms with E-state index in [2.05, 4.69) is 5.32 Å². The second-order valence-electron chi connectivity index (χ2n) is 4.39. The summed E-state index contributed by atoms with van der Waals surface area (Å²) < 4.78 is 24.5. The molecule has 2 rings (SSSR count). The van der Waals surface area contributed by atoms with E-state index in [1.807, 2.05) is 18.2 Å². The average Bonchev–Trinajstić information content (AvgIpc) is 2.49. The minimum absolute atomic E-state index is 0.242. The minimum Gasteiger partial charge on any atom is -0.497 e. The van der Waals surface area contributed by atoms with Crippen molar-refractivity contribution in [1.29, 1.82) is 0 Å². The molecule has 1 atom stereocenters. The molecule has 20 heavy (non-hydrogen) atoms. The van der Waals surface area contributed by atoms with Gasteiger partial charge < -0.3 is 14.8 Å². The molecule has 106 valence electrons. The third-order valence-electron chi connectivity index (χ3n) is 3.21. The summed E-state index contributed by atoms with van der Waals surface area (Å²) in [7, 11) is 4.98. The monoisotopic (exact) mass is 275 g/mol. The minimum atomic E-state index is -0.264. The maximum absolute atomic E-state index is 14.0. The van der Waals surface area contributed by atoms with Gasteiger partial charge in [-0.1, -0.05) is 18.2 Å². The number of benzene rings is 2. The van der Waals surface area contributed by atoms with Gasteiger partial charge in [0.25, 0.3) is 0 Å². The van der Waals surface area contributed by atoms with Crippen LogP contribution in [0.2, 0.25) is 0 Å². The summed E-state index contributed by atoms with van der Waals surface area (Å²) in [6.07, 6.45) is 0. The first kappa shape index (κ1) is 14.3. The van der Waals surface area contributed by atoms with Crippen LogP contribution in [0, 0.1) is 5.82 Å². The molecule has 0 bridgehead atoms. The molecule has 0 aliphatic rings. The predicted octanol–water partition coefficient (Wildman–Crippen LogP) is 3.15. The molecule has 0 saturated carbocycles. The first-order chi connectivity index (χ1) is 9.69. The standard InChI is InChI=1S/C16H18FNO2/c1-18-16(14-6-4-5-7-15(14)17)11-8-12(19-2)10-13(9-11)20-3/h4-10,16,18H,1-3H3. The summed E-state index contributed by atoms with van der Waals surface area (Å²) in [5, 5.41) is 3.13. The maximum atomic E-state index is 14.0. The second kappa shape index (κ2) is 6.39. The number of hydrogen-bond donors (Lipinski definition) is 1. The number of rotatable bonds is 5. The Labute approximate surface area is 118 Å². The Balaban J connectivity index is 2.49. The van der Waals surface area contributed by atoms with E-state index >= 15 is 0 Å². The van der Waals surface area contributed by atoms with Gasteiger partial charge in [-0.3, -0.25) is 0 Å². The Hall–Kier alpha value is -2.07. The molecule has 0 aliphatic heterocycles. The zero-order valence-corrected chi connectivity index (χ0v) is 11.8. The van der Waals surface area contributed by atoms with Gasteiger partial charge in [0.2, 0.25) is 0 Å². The van der Waals surface area contributed by atoms with Crippen LogP contribution in [0.4, 0.5) is 4.39 Å². The van der Waals surface area contributed by atoms with E-state index in [1.54, 1.807) is 39.5 Å². The van der Waals surface area contributed by atoms with Gasteiger partial charge in [-0.2, -0.15) is 0 Å². The lowest BCUT2D eigenvalue weighted by atomic mass is 9.98. The highest BCUT2D eigenvalue weighted by atomic mass is 19.1. The van der Waals surface area contributed by atoms with Gasteiger partial charge in [-0.05, 0) is 30.8 Å². The highest BCUT2D eigenvalue weighted by Gasteiger charge is 2.17. The lowest BCUT2D eigenvalue weighted by Gasteiger charge is -2.19. The molecule has 0 spiro atoms. The molecule has 1 unspecified atom stereocenters. The van der Waals surface area contributed by atoms with Crippen molar-refractivity contribution in [3.05, 3.63) is 59.4 Å². The van der Waals surface area contributed by atoms with Gasteiger partial charge in [0.15, 0.2) is 0 Å². The van der Waals surface area contributed by atoms with Crippen LogP contribution in [0.3, 0.4) is 0 Å². The molecule has 2 aromatic rings. The molecular weight excluding hydrogens is 257 g/mol. The molecule has 0 radical (unpaired) electrons. The van der Waals surface area contributed by atoms with Crippen LogP contribution in [0.5, 0.6) is 11.5 Å². The fourth-order valence-corrected chi connectivity index (χ4v) is 2.21. The van der Waals surface area contributed by atoms with Crippen molar-refractivity contribution in [2.75, 3.05) is 21.3 Å².